The molecule has 2 N–H and O–H groups in total. The maximum atomic E-state index is 10.4. The van der Waals surface area contributed by atoms with Gasteiger partial charge in [-0.3, -0.25) is 0 Å². The van der Waals surface area contributed by atoms with E-state index in [1.165, 1.54) is 0 Å². The third-order valence-electron chi connectivity index (χ3n) is 3.95. The van der Waals surface area contributed by atoms with E-state index in [4.69, 9.17) is 18.6 Å². The van der Waals surface area contributed by atoms with Gasteiger partial charge in [0.1, 0.15) is 0 Å². The van der Waals surface area contributed by atoms with E-state index in [9.17, 15) is 6.37 Å². The van der Waals surface area contributed by atoms with Crippen LogP contribution in [0.3, 0.4) is 0 Å². The Labute approximate surface area is 161 Å². The number of rotatable bonds is 14. The summed E-state index contributed by atoms with van der Waals surface area (Å²) < 4.78 is 49.9. The van der Waals surface area contributed by atoms with Gasteiger partial charge >= 0.3 is 162 Å². The fourth-order valence-corrected chi connectivity index (χ4v) is 9.86. The molecule has 0 saturated heterocycles. The molecular formula is C16H38O7SiZr. The van der Waals surface area contributed by atoms with Crippen molar-refractivity contribution in [3.63, 3.8) is 0 Å². The molecule has 0 aromatic rings. The van der Waals surface area contributed by atoms with E-state index in [1.807, 2.05) is 48.5 Å². The topological polar surface area (TPSA) is 86.6 Å². The Kier molecular flexibility index (Phi) is 12.7. The van der Waals surface area contributed by atoms with Crippen molar-refractivity contribution in [3.05, 3.63) is 0 Å². The normalized spacial score (nSPS) is 19.9. The molecule has 4 atom stereocenters. The van der Waals surface area contributed by atoms with Gasteiger partial charge in [-0.2, -0.15) is 0 Å². The second kappa shape index (κ2) is 12.3. The Balaban J connectivity index is 5.60. The van der Waals surface area contributed by atoms with Crippen molar-refractivity contribution in [3.8, 4) is 0 Å². The van der Waals surface area contributed by atoms with Gasteiger partial charge in [-0.15, -0.1) is 0 Å². The quantitative estimate of drug-likeness (QED) is 0.383. The molecule has 4 unspecified atom stereocenters. The Hall–Kier alpha value is 0.820. The molecule has 0 fully saturated rings. The molecule has 0 aliphatic rings. The average Bonchev–Trinajstić information content (AvgIpc) is 2.52. The van der Waals surface area contributed by atoms with Gasteiger partial charge in [0.2, 0.25) is 0 Å². The SMILES string of the molecule is CCC(C)O[Si](OC(C)CC)(OC(C)CC)[O][Zr]([OH])([OH])[O]C(C)CC. The van der Waals surface area contributed by atoms with E-state index in [2.05, 4.69) is 0 Å². The van der Waals surface area contributed by atoms with Gasteiger partial charge in [0.25, 0.3) is 0 Å². The fraction of sp³-hybridized carbons (Fsp3) is 1.00. The fourth-order valence-electron chi connectivity index (χ4n) is 1.68. The van der Waals surface area contributed by atoms with Crippen LogP contribution in [0.15, 0.2) is 0 Å². The third kappa shape index (κ3) is 10.7. The molecule has 0 aromatic carbocycles. The van der Waals surface area contributed by atoms with Crippen LogP contribution in [-0.2, 0) is 40.6 Å². The van der Waals surface area contributed by atoms with Crippen LogP contribution >= 0.6 is 0 Å². The summed E-state index contributed by atoms with van der Waals surface area (Å²) in [4.78, 5) is 0. The maximum absolute atomic E-state index is 10.4. The minimum atomic E-state index is -5.31. The molecular weight excluding hydrogens is 423 g/mol. The monoisotopic (exact) mass is 460 g/mol. The first-order valence-electron chi connectivity index (χ1n) is 9.39. The number of hydrogen-bond donors (Lipinski definition) is 2. The zero-order valence-corrected chi connectivity index (χ0v) is 20.5. The van der Waals surface area contributed by atoms with E-state index in [1.54, 1.807) is 6.92 Å². The van der Waals surface area contributed by atoms with Crippen LogP contribution in [0.25, 0.3) is 0 Å². The molecule has 0 aliphatic heterocycles. The van der Waals surface area contributed by atoms with Crippen LogP contribution in [0, 0.1) is 0 Å². The summed E-state index contributed by atoms with van der Waals surface area (Å²) in [6, 6.07) is 0. The van der Waals surface area contributed by atoms with E-state index < -0.39 is 31.1 Å². The van der Waals surface area contributed by atoms with Crippen LogP contribution < -0.4 is 0 Å². The molecule has 25 heavy (non-hydrogen) atoms. The Morgan fingerprint density at radius 3 is 1.28 bits per heavy atom. The van der Waals surface area contributed by atoms with Gasteiger partial charge in [0.15, 0.2) is 0 Å². The first-order chi connectivity index (χ1) is 11.5. The molecule has 0 rings (SSSR count). The predicted molar refractivity (Wildman–Crippen MR) is 94.6 cm³/mol. The average molecular weight is 462 g/mol. The van der Waals surface area contributed by atoms with Crippen molar-refractivity contribution in [1.82, 2.24) is 0 Å². The van der Waals surface area contributed by atoms with E-state index in [0.717, 1.165) is 19.3 Å². The van der Waals surface area contributed by atoms with Gasteiger partial charge in [-0.1, -0.05) is 0 Å². The van der Waals surface area contributed by atoms with Crippen molar-refractivity contribution in [2.24, 2.45) is 0 Å². The second-order valence-corrected chi connectivity index (χ2v) is 13.2. The Morgan fingerprint density at radius 1 is 0.680 bits per heavy atom. The first-order valence-corrected chi connectivity index (χ1v) is 15.2. The van der Waals surface area contributed by atoms with Crippen LogP contribution in [0.4, 0.5) is 0 Å². The van der Waals surface area contributed by atoms with E-state index in [-0.39, 0.29) is 24.4 Å². The molecule has 152 valence electrons. The second-order valence-electron chi connectivity index (χ2n) is 6.50. The molecule has 0 amide bonds. The van der Waals surface area contributed by atoms with Crippen LogP contribution in [0.1, 0.15) is 81.1 Å². The van der Waals surface area contributed by atoms with Gasteiger partial charge in [-0.05, 0) is 0 Å². The molecule has 0 spiro atoms. The summed E-state index contributed by atoms with van der Waals surface area (Å²) in [5.74, 6) is 0. The Morgan fingerprint density at radius 2 is 1.00 bits per heavy atom. The van der Waals surface area contributed by atoms with Gasteiger partial charge in [0.05, 0.1) is 0 Å². The molecule has 0 aliphatic carbocycles. The van der Waals surface area contributed by atoms with Gasteiger partial charge < -0.3 is 0 Å². The molecule has 9 heteroatoms. The van der Waals surface area contributed by atoms with Crippen molar-refractivity contribution in [1.29, 1.82) is 0 Å². The molecule has 0 bridgehead atoms. The Bertz CT molecular complexity index is 328. The zero-order chi connectivity index (χ0) is 19.7. The van der Waals surface area contributed by atoms with Crippen LogP contribution in [0.2, 0.25) is 0 Å². The van der Waals surface area contributed by atoms with Crippen molar-refractivity contribution < 1.29 is 47.0 Å². The zero-order valence-electron chi connectivity index (χ0n) is 17.1. The summed E-state index contributed by atoms with van der Waals surface area (Å²) in [5, 5.41) is 0. The van der Waals surface area contributed by atoms with Gasteiger partial charge in [-0.25, -0.2) is 0 Å². The van der Waals surface area contributed by atoms with Crippen molar-refractivity contribution >= 4 is 9.05 Å². The molecule has 7 nitrogen and oxygen atoms in total. The summed E-state index contributed by atoms with van der Waals surface area (Å²) in [5.41, 5.74) is 0. The molecule has 0 radical (unpaired) electrons. The first kappa shape index (κ1) is 25.8. The minimum absolute atomic E-state index is 0.203. The predicted octanol–water partition coefficient (Wildman–Crippen LogP) is 3.50. The van der Waals surface area contributed by atoms with Crippen molar-refractivity contribution in [2.75, 3.05) is 0 Å². The van der Waals surface area contributed by atoms with Crippen LogP contribution in [0.5, 0.6) is 0 Å². The van der Waals surface area contributed by atoms with Crippen molar-refractivity contribution in [2.45, 2.75) is 105 Å². The standard InChI is InChI=1S/C12H27O4Si.C4H9O.2H2O.Zr/c1-7-10(4)14-17(13,15-11(5)8-2)16-12(6)9-3;1-3-4(2)5;;;/h10-12H,7-9H2,1-6H3;4H,3H2,1-2H3;2*1H2;/q2*-1;;;+4/p-2. The molecule has 0 saturated carbocycles. The summed E-state index contributed by atoms with van der Waals surface area (Å²) >= 11 is -5.31. The summed E-state index contributed by atoms with van der Waals surface area (Å²) in [6.07, 6.45) is 1.86. The van der Waals surface area contributed by atoms with E-state index in [0.29, 0.717) is 6.42 Å². The third-order valence-corrected chi connectivity index (χ3v) is 12.1. The van der Waals surface area contributed by atoms with E-state index >= 15 is 0 Å². The molecule has 0 aromatic heterocycles. The van der Waals surface area contributed by atoms with Gasteiger partial charge in [0, 0.05) is 0 Å². The number of hydrogen-bond acceptors (Lipinski definition) is 7. The summed E-state index contributed by atoms with van der Waals surface area (Å²) in [6.45, 7) is 15.2. The molecule has 0 heterocycles. The summed E-state index contributed by atoms with van der Waals surface area (Å²) in [7, 11) is -3.79. The van der Waals surface area contributed by atoms with Crippen LogP contribution in [-0.4, -0.2) is 39.8 Å².